The second-order valence-corrected chi connectivity index (χ2v) is 4.26. The molecule has 0 fully saturated rings. The molecular weight excluding hydrogens is 232 g/mol. The summed E-state index contributed by atoms with van der Waals surface area (Å²) in [4.78, 5) is 23.3. The number of carbonyl (C=O) groups is 2. The Kier molecular flexibility index (Phi) is 3.91. The predicted molar refractivity (Wildman–Crippen MR) is 68.0 cm³/mol. The highest BCUT2D eigenvalue weighted by Gasteiger charge is 2.58. The second-order valence-electron chi connectivity index (χ2n) is 4.26. The van der Waals surface area contributed by atoms with Crippen molar-refractivity contribution in [1.29, 1.82) is 0 Å². The third kappa shape index (κ3) is 1.79. The maximum atomic E-state index is 11.6. The van der Waals surface area contributed by atoms with E-state index >= 15 is 0 Å². The molecule has 0 aromatic carbocycles. The van der Waals surface area contributed by atoms with E-state index in [4.69, 9.17) is 0 Å². The molecule has 4 nitrogen and oxygen atoms in total. The van der Waals surface area contributed by atoms with Crippen LogP contribution in [0.4, 0.5) is 0 Å². The number of rotatable bonds is 6. The van der Waals surface area contributed by atoms with Crippen molar-refractivity contribution >= 4 is 11.9 Å². The highest BCUT2D eigenvalue weighted by molar-refractivity contribution is 5.91. The zero-order chi connectivity index (χ0) is 13.8. The topological polar surface area (TPSA) is 74.6 Å². The normalized spacial score (nSPS) is 29.8. The van der Waals surface area contributed by atoms with Crippen LogP contribution < -0.4 is 0 Å². The zero-order valence-electron chi connectivity index (χ0n) is 10.0. The van der Waals surface area contributed by atoms with Gasteiger partial charge in [0.05, 0.1) is 0 Å². The fourth-order valence-electron chi connectivity index (χ4n) is 2.39. The monoisotopic (exact) mass is 248 g/mol. The summed E-state index contributed by atoms with van der Waals surface area (Å²) in [5.41, 5.74) is -3.05. The van der Waals surface area contributed by atoms with Crippen molar-refractivity contribution in [3.8, 4) is 0 Å². The lowest BCUT2D eigenvalue weighted by atomic mass is 9.58. The Bertz CT molecular complexity index is 405. The summed E-state index contributed by atoms with van der Waals surface area (Å²) in [6.07, 6.45) is 8.91. The van der Waals surface area contributed by atoms with Crippen LogP contribution in [0.25, 0.3) is 0 Å². The zero-order valence-corrected chi connectivity index (χ0v) is 10.0. The average molecular weight is 248 g/mol. The minimum absolute atomic E-state index is 0.0450. The van der Waals surface area contributed by atoms with Gasteiger partial charge in [-0.2, -0.15) is 0 Å². The lowest BCUT2D eigenvalue weighted by molar-refractivity contribution is -0.165. The van der Waals surface area contributed by atoms with Crippen molar-refractivity contribution < 1.29 is 19.8 Å². The van der Waals surface area contributed by atoms with Crippen LogP contribution in [0, 0.1) is 10.8 Å². The lowest BCUT2D eigenvalue weighted by Gasteiger charge is -2.42. The van der Waals surface area contributed by atoms with Crippen LogP contribution in [0.1, 0.15) is 12.8 Å². The number of carboxylic acids is 2. The summed E-state index contributed by atoms with van der Waals surface area (Å²) < 4.78 is 0. The first-order chi connectivity index (χ1) is 8.47. The van der Waals surface area contributed by atoms with Gasteiger partial charge in [-0.1, -0.05) is 36.5 Å². The Balaban J connectivity index is 3.51. The molecule has 0 aromatic rings. The van der Waals surface area contributed by atoms with E-state index in [2.05, 4.69) is 13.2 Å². The molecule has 0 amide bonds. The first kappa shape index (κ1) is 14.0. The molecular formula is C14H16O4. The highest BCUT2D eigenvalue weighted by Crippen LogP contribution is 2.50. The Morgan fingerprint density at radius 2 is 1.28 bits per heavy atom. The van der Waals surface area contributed by atoms with Crippen LogP contribution in [0.3, 0.4) is 0 Å². The van der Waals surface area contributed by atoms with Gasteiger partial charge in [-0.15, -0.1) is 13.2 Å². The predicted octanol–water partition coefficient (Wildman–Crippen LogP) is 2.41. The Labute approximate surface area is 106 Å². The van der Waals surface area contributed by atoms with E-state index in [1.54, 1.807) is 12.2 Å². The Hall–Kier alpha value is -2.10. The second kappa shape index (κ2) is 5.04. The molecule has 0 saturated carbocycles. The van der Waals surface area contributed by atoms with Crippen LogP contribution in [0.5, 0.6) is 0 Å². The molecule has 0 radical (unpaired) electrons. The third-order valence-electron chi connectivity index (χ3n) is 3.36. The summed E-state index contributed by atoms with van der Waals surface area (Å²) >= 11 is 0. The number of allylic oxidation sites excluding steroid dienone is 4. The molecule has 0 spiro atoms. The van der Waals surface area contributed by atoms with Crippen LogP contribution in [-0.4, -0.2) is 22.2 Å². The summed E-state index contributed by atoms with van der Waals surface area (Å²) in [5.74, 6) is -2.35. The van der Waals surface area contributed by atoms with Crippen LogP contribution in [0.2, 0.25) is 0 Å². The van der Waals surface area contributed by atoms with Crippen LogP contribution >= 0.6 is 0 Å². The molecule has 18 heavy (non-hydrogen) atoms. The standard InChI is InChI=1S/C14H16O4/c1-3-7-13(11(15)16)9-5-6-10-14(13,8-4-2)12(17)18/h3-6,9-10H,1-2,7-8H2,(H,15,16)(H,17,18). The van der Waals surface area contributed by atoms with E-state index in [0.29, 0.717) is 0 Å². The van der Waals surface area contributed by atoms with E-state index in [1.165, 1.54) is 24.3 Å². The van der Waals surface area contributed by atoms with Gasteiger partial charge in [0.1, 0.15) is 10.8 Å². The van der Waals surface area contributed by atoms with Gasteiger partial charge in [0.2, 0.25) is 0 Å². The Morgan fingerprint density at radius 3 is 1.50 bits per heavy atom. The smallest absolute Gasteiger partial charge is 0.315 e. The number of aliphatic carboxylic acids is 2. The summed E-state index contributed by atoms with van der Waals surface area (Å²) in [7, 11) is 0. The van der Waals surface area contributed by atoms with Crippen molar-refractivity contribution in [1.82, 2.24) is 0 Å². The lowest BCUT2D eigenvalue weighted by Crippen LogP contribution is -2.51. The first-order valence-electron chi connectivity index (χ1n) is 5.52. The summed E-state index contributed by atoms with van der Waals surface area (Å²) in [6.45, 7) is 7.05. The van der Waals surface area contributed by atoms with Crippen LogP contribution in [0.15, 0.2) is 49.6 Å². The molecule has 0 bridgehead atoms. The quantitative estimate of drug-likeness (QED) is 0.708. The maximum absolute atomic E-state index is 11.6. The molecule has 4 heteroatoms. The minimum atomic E-state index is -1.52. The molecule has 2 unspecified atom stereocenters. The van der Waals surface area contributed by atoms with Crippen LogP contribution in [-0.2, 0) is 9.59 Å². The van der Waals surface area contributed by atoms with Gasteiger partial charge in [-0.05, 0) is 12.8 Å². The van der Waals surface area contributed by atoms with Crippen molar-refractivity contribution in [2.75, 3.05) is 0 Å². The van der Waals surface area contributed by atoms with Gasteiger partial charge >= 0.3 is 11.9 Å². The average Bonchev–Trinajstić information content (AvgIpc) is 2.31. The van der Waals surface area contributed by atoms with Crippen molar-refractivity contribution in [2.45, 2.75) is 12.8 Å². The Morgan fingerprint density at radius 1 is 0.944 bits per heavy atom. The molecule has 0 aromatic heterocycles. The van der Waals surface area contributed by atoms with E-state index in [1.807, 2.05) is 0 Å². The van der Waals surface area contributed by atoms with Gasteiger partial charge in [-0.3, -0.25) is 9.59 Å². The SMILES string of the molecule is C=CCC1(C(=O)O)C=CC=CC1(CC=C)C(=O)O. The van der Waals surface area contributed by atoms with E-state index in [-0.39, 0.29) is 12.8 Å². The molecule has 96 valence electrons. The number of hydrogen-bond acceptors (Lipinski definition) is 2. The molecule has 1 rings (SSSR count). The molecule has 1 aliphatic rings. The van der Waals surface area contributed by atoms with E-state index < -0.39 is 22.8 Å². The number of hydrogen-bond donors (Lipinski definition) is 2. The van der Waals surface area contributed by atoms with Gasteiger partial charge in [-0.25, -0.2) is 0 Å². The van der Waals surface area contributed by atoms with Crippen molar-refractivity contribution in [3.05, 3.63) is 49.6 Å². The first-order valence-corrected chi connectivity index (χ1v) is 5.52. The molecule has 0 heterocycles. The van der Waals surface area contributed by atoms with E-state index in [0.717, 1.165) is 0 Å². The molecule has 1 aliphatic carbocycles. The highest BCUT2D eigenvalue weighted by atomic mass is 16.4. The van der Waals surface area contributed by atoms with Gasteiger partial charge in [0.25, 0.3) is 0 Å². The fraction of sp³-hybridized carbons (Fsp3) is 0.286. The molecule has 0 aliphatic heterocycles. The van der Waals surface area contributed by atoms with Gasteiger partial charge < -0.3 is 10.2 Å². The summed E-state index contributed by atoms with van der Waals surface area (Å²) in [6, 6.07) is 0. The van der Waals surface area contributed by atoms with Crippen molar-refractivity contribution in [2.24, 2.45) is 10.8 Å². The third-order valence-corrected chi connectivity index (χ3v) is 3.36. The molecule has 2 atom stereocenters. The largest absolute Gasteiger partial charge is 0.481 e. The summed E-state index contributed by atoms with van der Waals surface area (Å²) in [5, 5.41) is 19.0. The molecule has 0 saturated heterocycles. The van der Waals surface area contributed by atoms with Gasteiger partial charge in [0, 0.05) is 0 Å². The maximum Gasteiger partial charge on any atom is 0.315 e. The van der Waals surface area contributed by atoms with Crippen molar-refractivity contribution in [3.63, 3.8) is 0 Å². The minimum Gasteiger partial charge on any atom is -0.481 e. The fourth-order valence-corrected chi connectivity index (χ4v) is 2.39. The number of carboxylic acid groups (broad SMARTS) is 2. The molecule has 2 N–H and O–H groups in total. The van der Waals surface area contributed by atoms with E-state index in [9.17, 15) is 19.8 Å². The van der Waals surface area contributed by atoms with Gasteiger partial charge in [0.15, 0.2) is 0 Å².